The normalized spacial score (nSPS) is 22.0. The van der Waals surface area contributed by atoms with E-state index in [1.807, 2.05) is 30.0 Å². The Hall–Kier alpha value is -0.950. The van der Waals surface area contributed by atoms with Crippen LogP contribution in [0, 0.1) is 0 Å². The molecule has 126 valence electrons. The van der Waals surface area contributed by atoms with Crippen molar-refractivity contribution in [1.29, 1.82) is 0 Å². The molecule has 0 bridgehead atoms. The monoisotopic (exact) mass is 355 g/mol. The Labute approximate surface area is 146 Å². The number of ether oxygens (including phenoxy) is 1. The van der Waals surface area contributed by atoms with Crippen LogP contribution >= 0.6 is 23.4 Å². The van der Waals surface area contributed by atoms with Crippen LogP contribution in [0.3, 0.4) is 0 Å². The Kier molecular flexibility index (Phi) is 6.05. The first-order chi connectivity index (χ1) is 11.2. The van der Waals surface area contributed by atoms with Gasteiger partial charge in [0.1, 0.15) is 0 Å². The highest BCUT2D eigenvalue weighted by Crippen LogP contribution is 2.34. The molecule has 1 aromatic carbocycles. The molecule has 23 heavy (non-hydrogen) atoms. The first kappa shape index (κ1) is 16.9. The lowest BCUT2D eigenvalue weighted by Gasteiger charge is -2.31. The molecule has 1 amide bonds. The number of morpholine rings is 1. The molecule has 0 radical (unpaired) electrons. The summed E-state index contributed by atoms with van der Waals surface area (Å²) in [5.41, 5.74) is 1.68. The Bertz CT molecular complexity index is 546. The van der Waals surface area contributed by atoms with Gasteiger partial charge in [-0.25, -0.2) is 0 Å². The average molecular weight is 356 g/mol. The van der Waals surface area contributed by atoms with Gasteiger partial charge in [-0.15, -0.1) is 0 Å². The SMILES string of the molecule is O=C(CC1CSCCN1)Nc1cccc(Cl)c1N1CCOCC1. The molecule has 7 heteroatoms. The van der Waals surface area contributed by atoms with E-state index < -0.39 is 0 Å². The van der Waals surface area contributed by atoms with Crippen molar-refractivity contribution in [3.8, 4) is 0 Å². The number of amides is 1. The molecule has 0 spiro atoms. The van der Waals surface area contributed by atoms with Gasteiger partial charge in [-0.05, 0) is 12.1 Å². The topological polar surface area (TPSA) is 53.6 Å². The molecule has 2 aliphatic rings. The van der Waals surface area contributed by atoms with Crippen molar-refractivity contribution in [2.75, 3.05) is 54.6 Å². The number of nitrogens with one attached hydrogen (secondary N) is 2. The van der Waals surface area contributed by atoms with Gasteiger partial charge in [0.2, 0.25) is 5.91 Å². The van der Waals surface area contributed by atoms with Gasteiger partial charge >= 0.3 is 0 Å². The number of thioether (sulfide) groups is 1. The predicted octanol–water partition coefficient (Wildman–Crippen LogP) is 2.21. The van der Waals surface area contributed by atoms with Crippen LogP contribution in [-0.4, -0.2) is 56.3 Å². The van der Waals surface area contributed by atoms with E-state index >= 15 is 0 Å². The lowest BCUT2D eigenvalue weighted by Crippen LogP contribution is -2.40. The van der Waals surface area contributed by atoms with Crippen LogP contribution in [-0.2, 0) is 9.53 Å². The second-order valence-electron chi connectivity index (χ2n) is 5.71. The lowest BCUT2D eigenvalue weighted by molar-refractivity contribution is -0.116. The number of halogens is 1. The minimum absolute atomic E-state index is 0.0294. The third-order valence-corrected chi connectivity index (χ3v) is 5.45. The molecule has 1 aromatic rings. The molecule has 0 aromatic heterocycles. The third-order valence-electron chi connectivity index (χ3n) is 4.02. The molecule has 2 heterocycles. The van der Waals surface area contributed by atoms with Gasteiger partial charge in [0, 0.05) is 43.6 Å². The van der Waals surface area contributed by atoms with Crippen molar-refractivity contribution in [3.05, 3.63) is 23.2 Å². The Morgan fingerprint density at radius 2 is 2.26 bits per heavy atom. The largest absolute Gasteiger partial charge is 0.378 e. The predicted molar refractivity (Wildman–Crippen MR) is 96.8 cm³/mol. The summed E-state index contributed by atoms with van der Waals surface area (Å²) in [5, 5.41) is 7.09. The van der Waals surface area contributed by atoms with E-state index in [2.05, 4.69) is 15.5 Å². The van der Waals surface area contributed by atoms with E-state index in [1.54, 1.807) is 0 Å². The first-order valence-corrected chi connectivity index (χ1v) is 9.49. The molecule has 5 nitrogen and oxygen atoms in total. The molecule has 1 atom stereocenters. The molecule has 3 rings (SSSR count). The summed E-state index contributed by atoms with van der Waals surface area (Å²) >= 11 is 8.28. The summed E-state index contributed by atoms with van der Waals surface area (Å²) < 4.78 is 5.40. The summed E-state index contributed by atoms with van der Waals surface area (Å²) in [5.74, 6) is 2.13. The maximum atomic E-state index is 12.4. The maximum Gasteiger partial charge on any atom is 0.226 e. The van der Waals surface area contributed by atoms with E-state index in [0.717, 1.165) is 42.5 Å². The van der Waals surface area contributed by atoms with E-state index in [-0.39, 0.29) is 11.9 Å². The van der Waals surface area contributed by atoms with Gasteiger partial charge in [-0.1, -0.05) is 17.7 Å². The van der Waals surface area contributed by atoms with Gasteiger partial charge < -0.3 is 20.3 Å². The minimum Gasteiger partial charge on any atom is -0.378 e. The molecule has 1 unspecified atom stereocenters. The smallest absolute Gasteiger partial charge is 0.226 e. The summed E-state index contributed by atoms with van der Waals surface area (Å²) in [4.78, 5) is 14.6. The number of anilines is 2. The zero-order valence-electron chi connectivity index (χ0n) is 13.0. The van der Waals surface area contributed by atoms with Crippen molar-refractivity contribution < 1.29 is 9.53 Å². The summed E-state index contributed by atoms with van der Waals surface area (Å²) in [6.07, 6.45) is 0.488. The van der Waals surface area contributed by atoms with Crippen molar-refractivity contribution in [3.63, 3.8) is 0 Å². The average Bonchev–Trinajstić information content (AvgIpc) is 2.56. The van der Waals surface area contributed by atoms with Crippen molar-refractivity contribution in [1.82, 2.24) is 5.32 Å². The highest BCUT2D eigenvalue weighted by atomic mass is 35.5. The second-order valence-corrected chi connectivity index (χ2v) is 7.27. The number of para-hydroxylation sites is 1. The van der Waals surface area contributed by atoms with Crippen LogP contribution < -0.4 is 15.5 Å². The number of hydrogen-bond acceptors (Lipinski definition) is 5. The second kappa shape index (κ2) is 8.24. The minimum atomic E-state index is 0.0294. The summed E-state index contributed by atoms with van der Waals surface area (Å²) in [7, 11) is 0. The van der Waals surface area contributed by atoms with Crippen molar-refractivity contribution in [2.24, 2.45) is 0 Å². The highest BCUT2D eigenvalue weighted by molar-refractivity contribution is 7.99. The van der Waals surface area contributed by atoms with Crippen LogP contribution in [0.5, 0.6) is 0 Å². The Balaban J connectivity index is 1.68. The molecule has 0 aliphatic carbocycles. The number of carbonyl (C=O) groups excluding carboxylic acids is 1. The van der Waals surface area contributed by atoms with E-state index in [4.69, 9.17) is 16.3 Å². The fraction of sp³-hybridized carbons (Fsp3) is 0.562. The number of nitrogens with zero attached hydrogens (tertiary/aromatic N) is 1. The fourth-order valence-electron chi connectivity index (χ4n) is 2.90. The number of carbonyl (C=O) groups is 1. The van der Waals surface area contributed by atoms with Crippen molar-refractivity contribution >= 4 is 40.6 Å². The maximum absolute atomic E-state index is 12.4. The number of benzene rings is 1. The quantitative estimate of drug-likeness (QED) is 0.867. The van der Waals surface area contributed by atoms with Gasteiger partial charge in [0.05, 0.1) is 29.6 Å². The Morgan fingerprint density at radius 1 is 1.43 bits per heavy atom. The molecular formula is C16H22ClN3O2S. The highest BCUT2D eigenvalue weighted by Gasteiger charge is 2.21. The molecule has 2 saturated heterocycles. The van der Waals surface area contributed by atoms with Crippen LogP contribution in [0.1, 0.15) is 6.42 Å². The Morgan fingerprint density at radius 3 is 3.00 bits per heavy atom. The van der Waals surface area contributed by atoms with Gasteiger partial charge in [0.15, 0.2) is 0 Å². The summed E-state index contributed by atoms with van der Waals surface area (Å²) in [6.45, 7) is 3.91. The molecule has 2 N–H and O–H groups in total. The first-order valence-electron chi connectivity index (χ1n) is 7.96. The van der Waals surface area contributed by atoms with Crippen LogP contribution in [0.15, 0.2) is 18.2 Å². The molecule has 0 saturated carbocycles. The fourth-order valence-corrected chi connectivity index (χ4v) is 4.14. The zero-order chi connectivity index (χ0) is 16.1. The van der Waals surface area contributed by atoms with Crippen LogP contribution in [0.4, 0.5) is 11.4 Å². The number of hydrogen-bond donors (Lipinski definition) is 2. The standard InChI is InChI=1S/C16H22ClN3O2S/c17-13-2-1-3-14(16(13)20-5-7-22-8-6-20)19-15(21)10-12-11-23-9-4-18-12/h1-3,12,18H,4-11H2,(H,19,21). The molecular weight excluding hydrogens is 334 g/mol. The van der Waals surface area contributed by atoms with Crippen LogP contribution in [0.25, 0.3) is 0 Å². The van der Waals surface area contributed by atoms with E-state index in [9.17, 15) is 4.79 Å². The van der Waals surface area contributed by atoms with E-state index in [0.29, 0.717) is 24.7 Å². The molecule has 2 fully saturated rings. The van der Waals surface area contributed by atoms with Gasteiger partial charge in [-0.3, -0.25) is 4.79 Å². The van der Waals surface area contributed by atoms with E-state index in [1.165, 1.54) is 0 Å². The van der Waals surface area contributed by atoms with Crippen LogP contribution in [0.2, 0.25) is 5.02 Å². The third kappa shape index (κ3) is 4.53. The molecule has 2 aliphatic heterocycles. The summed E-state index contributed by atoms with van der Waals surface area (Å²) in [6, 6.07) is 5.90. The number of rotatable bonds is 4. The van der Waals surface area contributed by atoms with Crippen molar-refractivity contribution in [2.45, 2.75) is 12.5 Å². The zero-order valence-corrected chi connectivity index (χ0v) is 14.6. The lowest BCUT2D eigenvalue weighted by atomic mass is 10.2. The van der Waals surface area contributed by atoms with Gasteiger partial charge in [0.25, 0.3) is 0 Å². The van der Waals surface area contributed by atoms with Gasteiger partial charge in [-0.2, -0.15) is 11.8 Å².